The van der Waals surface area contributed by atoms with E-state index in [1.807, 2.05) is 13.8 Å². The number of hydrogen-bond donors (Lipinski definition) is 0. The van der Waals surface area contributed by atoms with Crippen molar-refractivity contribution in [3.63, 3.8) is 0 Å². The highest BCUT2D eigenvalue weighted by molar-refractivity contribution is 6.05. The fraction of sp³-hybridized carbons (Fsp3) is 0.667. The summed E-state index contributed by atoms with van der Waals surface area (Å²) in [6, 6.07) is 0. The molecule has 2 aliphatic rings. The van der Waals surface area contributed by atoms with Gasteiger partial charge in [-0.1, -0.05) is 19.4 Å². The maximum absolute atomic E-state index is 12.1. The number of fused-ring (bicyclic) bond motifs is 1. The summed E-state index contributed by atoms with van der Waals surface area (Å²) >= 11 is 0. The lowest BCUT2D eigenvalue weighted by Crippen LogP contribution is -2.40. The molecule has 0 bridgehead atoms. The predicted octanol–water partition coefficient (Wildman–Crippen LogP) is 1.65. The van der Waals surface area contributed by atoms with Crippen molar-refractivity contribution in [2.45, 2.75) is 33.1 Å². The van der Waals surface area contributed by atoms with E-state index in [-0.39, 0.29) is 24.0 Å². The Labute approximate surface area is 118 Å². The van der Waals surface area contributed by atoms with Crippen molar-refractivity contribution < 1.29 is 23.9 Å². The van der Waals surface area contributed by atoms with Gasteiger partial charge in [-0.15, -0.1) is 0 Å². The predicted molar refractivity (Wildman–Crippen MR) is 70.7 cm³/mol. The van der Waals surface area contributed by atoms with Crippen molar-refractivity contribution in [1.82, 2.24) is 0 Å². The number of Topliss-reactive ketones (excluding diaryl/α,β-unsaturated/α-hetero) is 1. The van der Waals surface area contributed by atoms with Gasteiger partial charge in [-0.3, -0.25) is 14.4 Å². The molecule has 0 heterocycles. The number of carbonyl (C=O) groups excluding carboxylic acids is 3. The Balaban J connectivity index is 2.47. The molecule has 0 aliphatic heterocycles. The molecule has 2 aliphatic carbocycles. The fourth-order valence-corrected chi connectivity index (χ4v) is 3.64. The summed E-state index contributed by atoms with van der Waals surface area (Å²) in [5.74, 6) is -1.20. The lowest BCUT2D eigenvalue weighted by atomic mass is 9.81. The number of ketones is 1. The topological polar surface area (TPSA) is 69.7 Å². The van der Waals surface area contributed by atoms with E-state index in [2.05, 4.69) is 0 Å². The third-order valence-electron chi connectivity index (χ3n) is 4.72. The minimum absolute atomic E-state index is 0.0457. The molecule has 110 valence electrons. The molecule has 0 unspecified atom stereocenters. The molecule has 5 nitrogen and oxygen atoms in total. The van der Waals surface area contributed by atoms with E-state index < -0.39 is 17.4 Å². The molecule has 0 spiro atoms. The van der Waals surface area contributed by atoms with Crippen molar-refractivity contribution in [3.8, 4) is 0 Å². The summed E-state index contributed by atoms with van der Waals surface area (Å²) in [5.41, 5.74) is 0.441. The number of hydrogen-bond acceptors (Lipinski definition) is 5. The molecule has 1 saturated carbocycles. The highest BCUT2D eigenvalue weighted by atomic mass is 16.5. The molecular weight excluding hydrogens is 260 g/mol. The highest BCUT2D eigenvalue weighted by Crippen LogP contribution is 2.55. The maximum atomic E-state index is 12.1. The van der Waals surface area contributed by atoms with Gasteiger partial charge in [0.25, 0.3) is 0 Å². The van der Waals surface area contributed by atoms with Crippen LogP contribution in [0, 0.1) is 17.3 Å². The molecule has 0 radical (unpaired) electrons. The monoisotopic (exact) mass is 280 g/mol. The first-order valence-corrected chi connectivity index (χ1v) is 6.85. The molecule has 5 heteroatoms. The molecule has 0 N–H and O–H groups in total. The summed E-state index contributed by atoms with van der Waals surface area (Å²) in [5, 5.41) is 0. The molecular formula is C15H20O5. The molecule has 2 atom stereocenters. The van der Waals surface area contributed by atoms with Crippen LogP contribution in [-0.2, 0) is 23.9 Å². The summed E-state index contributed by atoms with van der Waals surface area (Å²) in [4.78, 5) is 36.4. The molecule has 0 aromatic rings. The van der Waals surface area contributed by atoms with Crippen LogP contribution >= 0.6 is 0 Å². The summed E-state index contributed by atoms with van der Waals surface area (Å²) in [7, 11) is 2.54. The van der Waals surface area contributed by atoms with Crippen LogP contribution in [0.15, 0.2) is 11.1 Å². The number of methoxy groups -OCH3 is 2. The van der Waals surface area contributed by atoms with Crippen molar-refractivity contribution in [1.29, 1.82) is 0 Å². The van der Waals surface area contributed by atoms with E-state index in [0.717, 1.165) is 11.1 Å². The Morgan fingerprint density at radius 3 is 2.25 bits per heavy atom. The van der Waals surface area contributed by atoms with Gasteiger partial charge in [0.05, 0.1) is 14.2 Å². The van der Waals surface area contributed by atoms with Crippen LogP contribution in [0.1, 0.15) is 33.1 Å². The second-order valence-corrected chi connectivity index (χ2v) is 5.56. The normalized spacial score (nSPS) is 27.5. The van der Waals surface area contributed by atoms with Crippen LogP contribution in [0.4, 0.5) is 0 Å². The van der Waals surface area contributed by atoms with Gasteiger partial charge in [0.1, 0.15) is 0 Å². The van der Waals surface area contributed by atoms with Gasteiger partial charge in [-0.2, -0.15) is 0 Å². The first kappa shape index (κ1) is 14.8. The van der Waals surface area contributed by atoms with Gasteiger partial charge >= 0.3 is 11.9 Å². The van der Waals surface area contributed by atoms with Gasteiger partial charge in [-0.25, -0.2) is 0 Å². The number of rotatable bonds is 3. The average molecular weight is 280 g/mol. The molecule has 2 rings (SSSR count). The Kier molecular flexibility index (Phi) is 3.71. The Hall–Kier alpha value is -1.65. The van der Waals surface area contributed by atoms with Crippen molar-refractivity contribution in [2.24, 2.45) is 17.3 Å². The van der Waals surface area contributed by atoms with Gasteiger partial charge in [0, 0.05) is 5.92 Å². The van der Waals surface area contributed by atoms with Gasteiger partial charge in [-0.05, 0) is 30.8 Å². The highest BCUT2D eigenvalue weighted by Gasteiger charge is 2.59. The average Bonchev–Trinajstić information content (AvgIpc) is 2.95. The SMILES string of the molecule is CCC1=C2CC(C(=O)OC)(C(=O)OC)C[C@@H]2[C@H](C)C1=O. The van der Waals surface area contributed by atoms with E-state index >= 15 is 0 Å². The van der Waals surface area contributed by atoms with E-state index in [4.69, 9.17) is 9.47 Å². The summed E-state index contributed by atoms with van der Waals surface area (Å²) in [6.07, 6.45) is 1.18. The number of carbonyl (C=O) groups is 3. The van der Waals surface area contributed by atoms with Crippen LogP contribution < -0.4 is 0 Å². The second-order valence-electron chi connectivity index (χ2n) is 5.56. The zero-order valence-corrected chi connectivity index (χ0v) is 12.3. The van der Waals surface area contributed by atoms with E-state index in [0.29, 0.717) is 12.8 Å². The quantitative estimate of drug-likeness (QED) is 0.581. The summed E-state index contributed by atoms with van der Waals surface area (Å²) in [6.45, 7) is 3.78. The molecule has 0 aromatic carbocycles. The molecule has 20 heavy (non-hydrogen) atoms. The van der Waals surface area contributed by atoms with Gasteiger partial charge < -0.3 is 9.47 Å². The molecule has 0 saturated heterocycles. The van der Waals surface area contributed by atoms with E-state index in [1.165, 1.54) is 14.2 Å². The van der Waals surface area contributed by atoms with Crippen LogP contribution in [-0.4, -0.2) is 31.9 Å². The zero-order valence-electron chi connectivity index (χ0n) is 12.3. The zero-order chi connectivity index (χ0) is 15.1. The van der Waals surface area contributed by atoms with Gasteiger partial charge in [0.2, 0.25) is 0 Å². The molecule has 0 amide bonds. The Morgan fingerprint density at radius 2 is 1.80 bits per heavy atom. The van der Waals surface area contributed by atoms with E-state index in [1.54, 1.807) is 0 Å². The van der Waals surface area contributed by atoms with Crippen molar-refractivity contribution >= 4 is 17.7 Å². The third kappa shape index (κ3) is 1.79. The molecule has 0 aromatic heterocycles. The van der Waals surface area contributed by atoms with Gasteiger partial charge in [0.15, 0.2) is 11.2 Å². The maximum Gasteiger partial charge on any atom is 0.323 e. The standard InChI is InChI=1S/C15H20O5/c1-5-9-11-7-15(13(17)19-3,14(18)20-4)6-10(11)8(2)12(9)16/h8,10H,5-7H2,1-4H3/t8-,10+/m0/s1. The largest absolute Gasteiger partial charge is 0.468 e. The Morgan fingerprint density at radius 1 is 1.25 bits per heavy atom. The smallest absolute Gasteiger partial charge is 0.323 e. The minimum atomic E-state index is -1.28. The first-order valence-electron chi connectivity index (χ1n) is 6.85. The number of esters is 2. The number of ether oxygens (including phenoxy) is 2. The third-order valence-corrected chi connectivity index (χ3v) is 4.72. The number of allylic oxidation sites excluding steroid dienone is 2. The summed E-state index contributed by atoms with van der Waals surface area (Å²) < 4.78 is 9.62. The lowest BCUT2D eigenvalue weighted by molar-refractivity contribution is -0.169. The second kappa shape index (κ2) is 5.04. The minimum Gasteiger partial charge on any atom is -0.468 e. The lowest BCUT2D eigenvalue weighted by Gasteiger charge is -2.24. The fourth-order valence-electron chi connectivity index (χ4n) is 3.64. The van der Waals surface area contributed by atoms with E-state index in [9.17, 15) is 14.4 Å². The van der Waals surface area contributed by atoms with Crippen molar-refractivity contribution in [2.75, 3.05) is 14.2 Å². The van der Waals surface area contributed by atoms with Crippen molar-refractivity contribution in [3.05, 3.63) is 11.1 Å². The van der Waals surface area contributed by atoms with Crippen LogP contribution in [0.2, 0.25) is 0 Å². The van der Waals surface area contributed by atoms with Crippen LogP contribution in [0.3, 0.4) is 0 Å². The van der Waals surface area contributed by atoms with Crippen LogP contribution in [0.5, 0.6) is 0 Å². The molecule has 1 fully saturated rings. The van der Waals surface area contributed by atoms with Crippen LogP contribution in [0.25, 0.3) is 0 Å². The Bertz CT molecular complexity index is 486. The first-order chi connectivity index (χ1) is 9.42.